The number of pyridine rings is 1. The topological polar surface area (TPSA) is 56.5 Å². The van der Waals surface area contributed by atoms with Gasteiger partial charge in [-0.3, -0.25) is 9.67 Å². The Hall–Kier alpha value is -3.57. The van der Waals surface area contributed by atoms with Crippen LogP contribution in [0.3, 0.4) is 0 Å². The first-order chi connectivity index (χ1) is 14.3. The van der Waals surface area contributed by atoms with E-state index in [0.29, 0.717) is 17.4 Å². The molecule has 0 saturated carbocycles. The van der Waals surface area contributed by atoms with E-state index in [-0.39, 0.29) is 0 Å². The van der Waals surface area contributed by atoms with Crippen LogP contribution in [-0.4, -0.2) is 25.0 Å². The first-order valence-corrected chi connectivity index (χ1v) is 9.61. The maximum absolute atomic E-state index is 6.99. The monoisotopic (exact) mass is 397 g/mol. The smallest absolute Gasteiger partial charge is 0.205 e. The third kappa shape index (κ3) is 3.26. The van der Waals surface area contributed by atoms with Gasteiger partial charge >= 0.3 is 0 Å². The van der Waals surface area contributed by atoms with Gasteiger partial charge in [0, 0.05) is 23.5 Å². The summed E-state index contributed by atoms with van der Waals surface area (Å²) in [6.45, 7) is 0.552. The molecule has 140 valence electrons. The van der Waals surface area contributed by atoms with Crippen LogP contribution in [0.5, 0.6) is 0 Å². The lowest BCUT2D eigenvalue weighted by molar-refractivity contribution is 0.670. The number of nitrogens with zero attached hydrogens (tertiary/aromatic N) is 5. The van der Waals surface area contributed by atoms with E-state index in [9.17, 15) is 0 Å². The van der Waals surface area contributed by atoms with Crippen LogP contribution in [0.4, 0.5) is 0 Å². The minimum atomic E-state index is 0.530. The van der Waals surface area contributed by atoms with Crippen molar-refractivity contribution in [3.8, 4) is 33.9 Å². The second kappa shape index (κ2) is 7.45. The molecule has 2 aliphatic heterocycles. The molecule has 0 bridgehead atoms. The zero-order valence-electron chi connectivity index (χ0n) is 15.4. The average Bonchev–Trinajstić information content (AvgIpc) is 3.20. The molecule has 0 saturated heterocycles. The van der Waals surface area contributed by atoms with Crippen LogP contribution in [0.15, 0.2) is 85.2 Å². The van der Waals surface area contributed by atoms with Gasteiger partial charge in [-0.15, -0.1) is 15.3 Å². The largest absolute Gasteiger partial charge is 0.265 e. The lowest BCUT2D eigenvalue weighted by Gasteiger charge is -2.17. The summed E-state index contributed by atoms with van der Waals surface area (Å²) in [5.41, 5.74) is 5.37. The highest BCUT2D eigenvalue weighted by Gasteiger charge is 2.25. The molecule has 0 aliphatic carbocycles. The maximum atomic E-state index is 6.99. The molecule has 5 rings (SSSR count). The number of hydrogen-bond acceptors (Lipinski definition) is 4. The van der Waals surface area contributed by atoms with Gasteiger partial charge in [0.2, 0.25) is 5.82 Å². The molecule has 0 fully saturated rings. The van der Waals surface area contributed by atoms with Crippen LogP contribution in [-0.2, 0) is 6.54 Å². The Labute approximate surface area is 173 Å². The molecule has 2 aliphatic rings. The Morgan fingerprint density at radius 1 is 0.759 bits per heavy atom. The van der Waals surface area contributed by atoms with Crippen molar-refractivity contribution in [1.82, 2.24) is 25.0 Å². The Morgan fingerprint density at radius 2 is 1.41 bits per heavy atom. The molecular weight excluding hydrogens is 382 g/mol. The summed E-state index contributed by atoms with van der Waals surface area (Å²) >= 11 is 6.99. The third-order valence-corrected chi connectivity index (χ3v) is 5.15. The van der Waals surface area contributed by atoms with Gasteiger partial charge in [0.05, 0.1) is 22.8 Å². The van der Waals surface area contributed by atoms with Crippen molar-refractivity contribution >= 4 is 11.6 Å². The molecule has 0 spiro atoms. The molecule has 1 aromatic heterocycles. The van der Waals surface area contributed by atoms with Crippen molar-refractivity contribution in [2.45, 2.75) is 6.54 Å². The van der Waals surface area contributed by atoms with Crippen LogP contribution in [0.2, 0.25) is 5.02 Å². The molecule has 3 aromatic rings. The Bertz CT molecular complexity index is 1220. The van der Waals surface area contributed by atoms with Crippen molar-refractivity contribution in [3.63, 3.8) is 0 Å². The Balaban J connectivity index is 1.75. The van der Waals surface area contributed by atoms with Crippen molar-refractivity contribution in [1.29, 1.82) is 0 Å². The second-order valence-electron chi connectivity index (χ2n) is 6.65. The number of hydrogen-bond donors (Lipinski definition) is 0. The van der Waals surface area contributed by atoms with Crippen molar-refractivity contribution in [2.75, 3.05) is 0 Å². The van der Waals surface area contributed by atoms with Gasteiger partial charge in [-0.2, -0.15) is 0 Å². The predicted octanol–water partition coefficient (Wildman–Crippen LogP) is 5.21. The number of halogens is 1. The van der Waals surface area contributed by atoms with E-state index in [2.05, 4.69) is 15.2 Å². The van der Waals surface area contributed by atoms with Crippen LogP contribution in [0, 0.1) is 0 Å². The summed E-state index contributed by atoms with van der Waals surface area (Å²) in [5, 5.41) is 14.1. The fourth-order valence-corrected chi connectivity index (χ4v) is 3.80. The van der Waals surface area contributed by atoms with Gasteiger partial charge in [0.25, 0.3) is 0 Å². The zero-order chi connectivity index (χ0) is 19.6. The zero-order valence-corrected chi connectivity index (χ0v) is 16.2. The van der Waals surface area contributed by atoms with Crippen LogP contribution >= 0.6 is 11.6 Å². The first kappa shape index (κ1) is 17.5. The number of benzene rings is 2. The van der Waals surface area contributed by atoms with E-state index < -0.39 is 0 Å². The van der Waals surface area contributed by atoms with Gasteiger partial charge in [0.1, 0.15) is 5.69 Å². The SMILES string of the molecule is Clc1c2c(-c3ccccc3)nnc-2nn(Cc2ccncc2)c1-c1ccccc1. The lowest BCUT2D eigenvalue weighted by Crippen LogP contribution is -2.12. The van der Waals surface area contributed by atoms with E-state index in [1.165, 1.54) is 0 Å². The lowest BCUT2D eigenvalue weighted by atomic mass is 10.0. The highest BCUT2D eigenvalue weighted by Crippen LogP contribution is 2.41. The molecule has 0 radical (unpaired) electrons. The van der Waals surface area contributed by atoms with Gasteiger partial charge in [-0.1, -0.05) is 72.3 Å². The second-order valence-corrected chi connectivity index (χ2v) is 7.03. The van der Waals surface area contributed by atoms with Crippen LogP contribution in [0.25, 0.3) is 33.9 Å². The van der Waals surface area contributed by atoms with Crippen LogP contribution in [0.1, 0.15) is 5.56 Å². The van der Waals surface area contributed by atoms with E-state index in [0.717, 1.165) is 33.6 Å². The minimum absolute atomic E-state index is 0.530. The molecule has 6 heteroatoms. The van der Waals surface area contributed by atoms with E-state index in [1.807, 2.05) is 77.5 Å². The van der Waals surface area contributed by atoms with E-state index in [4.69, 9.17) is 16.7 Å². The summed E-state index contributed by atoms with van der Waals surface area (Å²) in [7, 11) is 0. The molecule has 0 amide bonds. The fraction of sp³-hybridized carbons (Fsp3) is 0.0435. The highest BCUT2D eigenvalue weighted by atomic mass is 35.5. The summed E-state index contributed by atoms with van der Waals surface area (Å²) in [6, 6.07) is 23.9. The number of fused-ring (bicyclic) bond motifs is 1. The van der Waals surface area contributed by atoms with Gasteiger partial charge in [0.15, 0.2) is 0 Å². The summed E-state index contributed by atoms with van der Waals surface area (Å²) < 4.78 is 1.89. The predicted molar refractivity (Wildman–Crippen MR) is 114 cm³/mol. The Morgan fingerprint density at radius 3 is 2.10 bits per heavy atom. The van der Waals surface area contributed by atoms with Gasteiger partial charge in [-0.05, 0) is 17.7 Å². The molecule has 3 heterocycles. The van der Waals surface area contributed by atoms with Crippen LogP contribution < -0.4 is 0 Å². The van der Waals surface area contributed by atoms with Crippen molar-refractivity contribution < 1.29 is 0 Å². The standard InChI is InChI=1S/C23H16ClN5/c24-20-19-21(17-7-3-1-4-8-17)26-27-23(19)28-29(15-16-11-13-25-14-12-16)22(20)18-9-5-2-6-10-18/h1-14H,15H2. The first-order valence-electron chi connectivity index (χ1n) is 9.23. The normalized spacial score (nSPS) is 11.1. The third-order valence-electron chi connectivity index (χ3n) is 4.78. The number of aromatic nitrogens is 5. The van der Waals surface area contributed by atoms with Gasteiger partial charge < -0.3 is 0 Å². The molecule has 0 N–H and O–H groups in total. The number of rotatable bonds is 4. The molecule has 0 unspecified atom stereocenters. The molecule has 0 atom stereocenters. The maximum Gasteiger partial charge on any atom is 0.205 e. The quantitative estimate of drug-likeness (QED) is 0.417. The van der Waals surface area contributed by atoms with E-state index >= 15 is 0 Å². The fourth-order valence-electron chi connectivity index (χ4n) is 3.42. The Kier molecular flexibility index (Phi) is 4.50. The summed E-state index contributed by atoms with van der Waals surface area (Å²) in [6.07, 6.45) is 3.54. The molecule has 2 aromatic carbocycles. The summed E-state index contributed by atoms with van der Waals surface area (Å²) in [4.78, 5) is 4.09. The average molecular weight is 398 g/mol. The summed E-state index contributed by atoms with van der Waals surface area (Å²) in [5.74, 6) is 0.530. The molecule has 29 heavy (non-hydrogen) atoms. The minimum Gasteiger partial charge on any atom is -0.265 e. The van der Waals surface area contributed by atoms with Crippen molar-refractivity contribution in [2.24, 2.45) is 0 Å². The van der Waals surface area contributed by atoms with Gasteiger partial charge in [-0.25, -0.2) is 0 Å². The molecular formula is C23H16ClN5. The van der Waals surface area contributed by atoms with Crippen molar-refractivity contribution in [3.05, 3.63) is 95.8 Å². The van der Waals surface area contributed by atoms with E-state index in [1.54, 1.807) is 12.4 Å². The molecule has 5 nitrogen and oxygen atoms in total. The highest BCUT2D eigenvalue weighted by molar-refractivity contribution is 6.36.